The van der Waals surface area contributed by atoms with Gasteiger partial charge in [-0.25, -0.2) is 0 Å². The zero-order valence-electron chi connectivity index (χ0n) is 11.0. The number of H-pyrrole nitrogens is 1. The van der Waals surface area contributed by atoms with Gasteiger partial charge in [0.25, 0.3) is 5.91 Å². The number of benzene rings is 1. The molecule has 0 aliphatic heterocycles. The first kappa shape index (κ1) is 14.0. The van der Waals surface area contributed by atoms with Gasteiger partial charge in [0.05, 0.1) is 5.56 Å². The Hall–Kier alpha value is -2.40. The lowest BCUT2D eigenvalue weighted by Gasteiger charge is -2.16. The van der Waals surface area contributed by atoms with Crippen molar-refractivity contribution in [2.24, 2.45) is 5.73 Å². The number of nitrogens with two attached hydrogens (primary N) is 1. The number of amides is 1. The molecule has 0 fully saturated rings. The van der Waals surface area contributed by atoms with Crippen LogP contribution in [0.25, 0.3) is 0 Å². The number of pyridine rings is 1. The molecule has 1 aromatic heterocycles. The van der Waals surface area contributed by atoms with Crippen LogP contribution < -0.4 is 16.6 Å². The van der Waals surface area contributed by atoms with E-state index in [4.69, 9.17) is 5.73 Å². The Balaban J connectivity index is 2.01. The Morgan fingerprint density at radius 1 is 1.20 bits per heavy atom. The summed E-state index contributed by atoms with van der Waals surface area (Å²) in [6, 6.07) is 12.5. The minimum atomic E-state index is -0.243. The molecule has 0 spiro atoms. The van der Waals surface area contributed by atoms with Crippen molar-refractivity contribution in [1.82, 2.24) is 10.3 Å². The summed E-state index contributed by atoms with van der Waals surface area (Å²) >= 11 is 0. The van der Waals surface area contributed by atoms with E-state index in [2.05, 4.69) is 10.3 Å². The first-order chi connectivity index (χ1) is 9.69. The average molecular weight is 271 g/mol. The second kappa shape index (κ2) is 6.68. The van der Waals surface area contributed by atoms with Gasteiger partial charge >= 0.3 is 0 Å². The van der Waals surface area contributed by atoms with E-state index in [9.17, 15) is 9.59 Å². The van der Waals surface area contributed by atoms with Crippen molar-refractivity contribution in [2.45, 2.75) is 12.5 Å². The van der Waals surface area contributed by atoms with Gasteiger partial charge in [-0.2, -0.15) is 0 Å². The maximum atomic E-state index is 12.0. The van der Waals surface area contributed by atoms with Crippen molar-refractivity contribution >= 4 is 5.91 Å². The predicted octanol–water partition coefficient (Wildman–Crippen LogP) is 0.675. The standard InChI is InChI=1S/C15H17N3O2/c16-9-13(8-11-4-2-1-3-5-11)18-15(20)12-6-7-14(19)17-10-12/h1-7,10,13H,8-9,16H2,(H,17,19)(H,18,20). The second-order valence-electron chi connectivity index (χ2n) is 4.54. The van der Waals surface area contributed by atoms with Crippen LogP contribution in [0.2, 0.25) is 0 Å². The summed E-state index contributed by atoms with van der Waals surface area (Å²) in [5, 5.41) is 2.86. The fourth-order valence-electron chi connectivity index (χ4n) is 1.91. The second-order valence-corrected chi connectivity index (χ2v) is 4.54. The lowest BCUT2D eigenvalue weighted by atomic mass is 10.1. The summed E-state index contributed by atoms with van der Waals surface area (Å²) in [7, 11) is 0. The predicted molar refractivity (Wildman–Crippen MR) is 77.5 cm³/mol. The van der Waals surface area contributed by atoms with Gasteiger partial charge in [-0.3, -0.25) is 9.59 Å². The molecule has 0 bridgehead atoms. The summed E-state index contributed by atoms with van der Waals surface area (Å²) in [4.78, 5) is 25.5. The third-order valence-corrected chi connectivity index (χ3v) is 2.99. The Kier molecular flexibility index (Phi) is 4.68. The van der Waals surface area contributed by atoms with E-state index in [-0.39, 0.29) is 17.5 Å². The van der Waals surface area contributed by atoms with Crippen molar-refractivity contribution < 1.29 is 4.79 Å². The molecule has 0 saturated heterocycles. The van der Waals surface area contributed by atoms with Gasteiger partial charge in [-0.15, -0.1) is 0 Å². The van der Waals surface area contributed by atoms with Crippen molar-refractivity contribution in [3.05, 3.63) is 70.1 Å². The maximum absolute atomic E-state index is 12.0. The van der Waals surface area contributed by atoms with Gasteiger partial charge < -0.3 is 16.0 Å². The molecule has 1 aromatic carbocycles. The zero-order valence-corrected chi connectivity index (χ0v) is 11.0. The SMILES string of the molecule is NCC(Cc1ccccc1)NC(=O)c1ccc(=O)[nH]c1. The largest absolute Gasteiger partial charge is 0.348 e. The highest BCUT2D eigenvalue weighted by Gasteiger charge is 2.13. The minimum Gasteiger partial charge on any atom is -0.348 e. The van der Waals surface area contributed by atoms with Gasteiger partial charge in [-0.05, 0) is 18.1 Å². The summed E-state index contributed by atoms with van der Waals surface area (Å²) in [6.45, 7) is 0.351. The molecule has 5 heteroatoms. The van der Waals surface area contributed by atoms with Crippen LogP contribution in [0.1, 0.15) is 15.9 Å². The molecule has 4 N–H and O–H groups in total. The first-order valence-corrected chi connectivity index (χ1v) is 6.42. The van der Waals surface area contributed by atoms with Gasteiger partial charge in [0.2, 0.25) is 5.56 Å². The third-order valence-electron chi connectivity index (χ3n) is 2.99. The number of hydrogen-bond acceptors (Lipinski definition) is 3. The lowest BCUT2D eigenvalue weighted by molar-refractivity contribution is 0.0937. The first-order valence-electron chi connectivity index (χ1n) is 6.42. The Morgan fingerprint density at radius 3 is 2.55 bits per heavy atom. The fraction of sp³-hybridized carbons (Fsp3) is 0.200. The number of nitrogens with one attached hydrogen (secondary N) is 2. The van der Waals surface area contributed by atoms with Crippen LogP contribution in [-0.4, -0.2) is 23.5 Å². The summed E-state index contributed by atoms with van der Waals surface area (Å²) in [6.07, 6.45) is 2.07. The van der Waals surface area contributed by atoms with Crippen LogP contribution in [0.15, 0.2) is 53.5 Å². The van der Waals surface area contributed by atoms with Gasteiger partial charge in [0.1, 0.15) is 0 Å². The molecule has 2 aromatic rings. The number of hydrogen-bond donors (Lipinski definition) is 3. The molecule has 1 atom stereocenters. The van der Waals surface area contributed by atoms with E-state index in [1.54, 1.807) is 0 Å². The highest BCUT2D eigenvalue weighted by Crippen LogP contribution is 2.03. The van der Waals surface area contributed by atoms with Crippen molar-refractivity contribution in [2.75, 3.05) is 6.54 Å². The van der Waals surface area contributed by atoms with Crippen molar-refractivity contribution in [3.63, 3.8) is 0 Å². The van der Waals surface area contributed by atoms with E-state index >= 15 is 0 Å². The van der Waals surface area contributed by atoms with Crippen LogP contribution in [0, 0.1) is 0 Å². The molecule has 0 saturated carbocycles. The van der Waals surface area contributed by atoms with Gasteiger partial charge in [-0.1, -0.05) is 30.3 Å². The maximum Gasteiger partial charge on any atom is 0.253 e. The zero-order chi connectivity index (χ0) is 14.4. The number of carbonyl (C=O) groups is 1. The van der Waals surface area contributed by atoms with Crippen LogP contribution in [-0.2, 0) is 6.42 Å². The smallest absolute Gasteiger partial charge is 0.253 e. The van der Waals surface area contributed by atoms with E-state index in [1.807, 2.05) is 30.3 Å². The molecule has 0 radical (unpaired) electrons. The Morgan fingerprint density at radius 2 is 1.95 bits per heavy atom. The van der Waals surface area contributed by atoms with Crippen LogP contribution >= 0.6 is 0 Å². The number of rotatable bonds is 5. The van der Waals surface area contributed by atoms with E-state index in [0.717, 1.165) is 5.56 Å². The Bertz CT molecular complexity index is 602. The van der Waals surface area contributed by atoms with Crippen molar-refractivity contribution in [3.8, 4) is 0 Å². The highest BCUT2D eigenvalue weighted by molar-refractivity contribution is 5.94. The topological polar surface area (TPSA) is 88.0 Å². The molecular weight excluding hydrogens is 254 g/mol. The van der Waals surface area contributed by atoms with Crippen LogP contribution in [0.4, 0.5) is 0 Å². The van der Waals surface area contributed by atoms with E-state index in [1.165, 1.54) is 18.3 Å². The monoisotopic (exact) mass is 271 g/mol. The lowest BCUT2D eigenvalue weighted by Crippen LogP contribution is -2.41. The average Bonchev–Trinajstić information content (AvgIpc) is 2.48. The fourth-order valence-corrected chi connectivity index (χ4v) is 1.91. The molecule has 1 amide bonds. The van der Waals surface area contributed by atoms with Crippen LogP contribution in [0.3, 0.4) is 0 Å². The van der Waals surface area contributed by atoms with Gasteiger partial charge in [0, 0.05) is 24.8 Å². The van der Waals surface area contributed by atoms with Crippen LogP contribution in [0.5, 0.6) is 0 Å². The molecule has 2 rings (SSSR count). The number of aromatic nitrogens is 1. The molecule has 104 valence electrons. The molecule has 1 heterocycles. The molecule has 5 nitrogen and oxygen atoms in total. The van der Waals surface area contributed by atoms with Gasteiger partial charge in [0.15, 0.2) is 0 Å². The minimum absolute atomic E-state index is 0.142. The summed E-state index contributed by atoms with van der Waals surface area (Å²) < 4.78 is 0. The molecule has 0 aliphatic carbocycles. The van der Waals surface area contributed by atoms with E-state index < -0.39 is 0 Å². The third kappa shape index (κ3) is 3.80. The molecule has 20 heavy (non-hydrogen) atoms. The molecule has 0 aliphatic rings. The quantitative estimate of drug-likeness (QED) is 0.747. The number of aromatic amines is 1. The van der Waals surface area contributed by atoms with Crippen molar-refractivity contribution in [1.29, 1.82) is 0 Å². The molecule has 1 unspecified atom stereocenters. The summed E-state index contributed by atoms with van der Waals surface area (Å²) in [5.74, 6) is -0.243. The summed E-state index contributed by atoms with van der Waals surface area (Å²) in [5.41, 5.74) is 6.99. The molecular formula is C15H17N3O2. The highest BCUT2D eigenvalue weighted by atomic mass is 16.2. The number of carbonyl (C=O) groups excluding carboxylic acids is 1. The normalized spacial score (nSPS) is 11.8. The van der Waals surface area contributed by atoms with E-state index in [0.29, 0.717) is 18.5 Å². The Labute approximate surface area is 116 Å².